The van der Waals surface area contributed by atoms with Crippen molar-refractivity contribution < 1.29 is 9.32 Å². The summed E-state index contributed by atoms with van der Waals surface area (Å²) in [5, 5.41) is 7.03. The number of carbonyl (C=O) groups is 1. The topological polar surface area (TPSA) is 58.4 Å². The highest BCUT2D eigenvalue weighted by atomic mass is 16.5. The molecule has 1 amide bonds. The second-order valence-corrected chi connectivity index (χ2v) is 4.42. The Morgan fingerprint density at radius 1 is 1.59 bits per heavy atom. The third-order valence-electron chi connectivity index (χ3n) is 3.26. The van der Waals surface area contributed by atoms with Gasteiger partial charge in [0, 0.05) is 19.2 Å². The molecule has 1 aliphatic rings. The van der Waals surface area contributed by atoms with Gasteiger partial charge in [-0.2, -0.15) is 0 Å². The monoisotopic (exact) mass is 237 g/mol. The molecule has 2 heterocycles. The summed E-state index contributed by atoms with van der Waals surface area (Å²) in [6.07, 6.45) is 3.72. The Labute approximate surface area is 101 Å². The van der Waals surface area contributed by atoms with Gasteiger partial charge in [-0.25, -0.2) is 0 Å². The van der Waals surface area contributed by atoms with Crippen LogP contribution in [0.15, 0.2) is 16.9 Å². The molecule has 0 spiro atoms. The van der Waals surface area contributed by atoms with Crippen LogP contribution >= 0.6 is 0 Å². The van der Waals surface area contributed by atoms with Crippen LogP contribution in [0.4, 0.5) is 0 Å². The number of hydrogen-bond acceptors (Lipinski definition) is 4. The van der Waals surface area contributed by atoms with Crippen molar-refractivity contribution in [3.8, 4) is 0 Å². The van der Waals surface area contributed by atoms with Gasteiger partial charge in [-0.05, 0) is 38.8 Å². The predicted octanol–water partition coefficient (Wildman–Crippen LogP) is 1.14. The van der Waals surface area contributed by atoms with E-state index in [1.165, 1.54) is 6.26 Å². The molecule has 0 bridgehead atoms. The summed E-state index contributed by atoms with van der Waals surface area (Å²) < 4.78 is 4.71. The third kappa shape index (κ3) is 3.06. The van der Waals surface area contributed by atoms with Crippen molar-refractivity contribution in [2.24, 2.45) is 5.92 Å². The molecule has 1 saturated heterocycles. The first-order valence-corrected chi connectivity index (χ1v) is 6.21. The fourth-order valence-electron chi connectivity index (χ4n) is 2.22. The Kier molecular flexibility index (Phi) is 4.14. The second-order valence-electron chi connectivity index (χ2n) is 4.42. The van der Waals surface area contributed by atoms with Crippen LogP contribution in [-0.4, -0.2) is 42.1 Å². The van der Waals surface area contributed by atoms with Crippen molar-refractivity contribution in [3.05, 3.63) is 18.0 Å². The van der Waals surface area contributed by atoms with Crippen LogP contribution in [0.3, 0.4) is 0 Å². The van der Waals surface area contributed by atoms with E-state index in [0.29, 0.717) is 11.6 Å². The molecule has 0 unspecified atom stereocenters. The molecule has 5 nitrogen and oxygen atoms in total. The van der Waals surface area contributed by atoms with Gasteiger partial charge in [-0.3, -0.25) is 4.79 Å². The molecule has 1 aliphatic heterocycles. The van der Waals surface area contributed by atoms with Crippen LogP contribution in [0.1, 0.15) is 30.3 Å². The van der Waals surface area contributed by atoms with Gasteiger partial charge in [0.1, 0.15) is 6.26 Å². The van der Waals surface area contributed by atoms with Crippen LogP contribution < -0.4 is 5.32 Å². The molecular formula is C12H19N3O2. The average molecular weight is 237 g/mol. The van der Waals surface area contributed by atoms with E-state index in [1.54, 1.807) is 6.07 Å². The third-order valence-corrected chi connectivity index (χ3v) is 3.26. The van der Waals surface area contributed by atoms with Crippen molar-refractivity contribution >= 4 is 5.91 Å². The highest BCUT2D eigenvalue weighted by molar-refractivity contribution is 5.92. The van der Waals surface area contributed by atoms with Gasteiger partial charge in [-0.15, -0.1) is 0 Å². The lowest BCUT2D eigenvalue weighted by molar-refractivity contribution is 0.0716. The number of carbonyl (C=O) groups excluding carboxylic acids is 1. The first-order chi connectivity index (χ1) is 8.31. The Bertz CT molecular complexity index is 345. The van der Waals surface area contributed by atoms with E-state index < -0.39 is 0 Å². The van der Waals surface area contributed by atoms with E-state index in [0.717, 1.165) is 39.0 Å². The molecule has 0 radical (unpaired) electrons. The molecule has 0 atom stereocenters. The lowest BCUT2D eigenvalue weighted by Gasteiger charge is -2.28. The SMILES string of the molecule is CCN(CC1CCNCC1)C(=O)c1ccon1. The Morgan fingerprint density at radius 3 is 2.94 bits per heavy atom. The molecule has 0 saturated carbocycles. The maximum absolute atomic E-state index is 12.1. The van der Waals surface area contributed by atoms with E-state index in [9.17, 15) is 4.79 Å². The van der Waals surface area contributed by atoms with Crippen LogP contribution in [0, 0.1) is 5.92 Å². The molecule has 17 heavy (non-hydrogen) atoms. The Hall–Kier alpha value is -1.36. The lowest BCUT2D eigenvalue weighted by atomic mass is 9.97. The molecule has 1 aromatic rings. The van der Waals surface area contributed by atoms with Crippen LogP contribution in [-0.2, 0) is 0 Å². The molecular weight excluding hydrogens is 218 g/mol. The summed E-state index contributed by atoms with van der Waals surface area (Å²) >= 11 is 0. The fraction of sp³-hybridized carbons (Fsp3) is 0.667. The molecule has 94 valence electrons. The first kappa shape index (κ1) is 12.1. The van der Waals surface area contributed by atoms with Crippen molar-refractivity contribution in [1.29, 1.82) is 0 Å². The quantitative estimate of drug-likeness (QED) is 0.853. The molecule has 0 aromatic carbocycles. The number of amides is 1. The number of piperidine rings is 1. The van der Waals surface area contributed by atoms with Gasteiger partial charge in [0.05, 0.1) is 0 Å². The standard InChI is InChI=1S/C12H19N3O2/c1-2-15(9-10-3-6-13-7-4-10)12(16)11-5-8-17-14-11/h5,8,10,13H,2-4,6-7,9H2,1H3. The van der Waals surface area contributed by atoms with Crippen molar-refractivity contribution in [2.45, 2.75) is 19.8 Å². The minimum absolute atomic E-state index is 0.0280. The molecule has 2 rings (SSSR count). The zero-order valence-electron chi connectivity index (χ0n) is 10.2. The fourth-order valence-corrected chi connectivity index (χ4v) is 2.22. The van der Waals surface area contributed by atoms with Crippen LogP contribution in [0.2, 0.25) is 0 Å². The van der Waals surface area contributed by atoms with Crippen molar-refractivity contribution in [1.82, 2.24) is 15.4 Å². The van der Waals surface area contributed by atoms with E-state index in [4.69, 9.17) is 4.52 Å². The van der Waals surface area contributed by atoms with Gasteiger partial charge >= 0.3 is 0 Å². The maximum atomic E-state index is 12.1. The van der Waals surface area contributed by atoms with Crippen LogP contribution in [0.5, 0.6) is 0 Å². The van der Waals surface area contributed by atoms with E-state index >= 15 is 0 Å². The molecule has 0 aliphatic carbocycles. The Morgan fingerprint density at radius 2 is 2.35 bits per heavy atom. The van der Waals surface area contributed by atoms with E-state index in [1.807, 2.05) is 11.8 Å². The minimum Gasteiger partial charge on any atom is -0.364 e. The smallest absolute Gasteiger partial charge is 0.276 e. The summed E-state index contributed by atoms with van der Waals surface area (Å²) in [6, 6.07) is 1.62. The number of nitrogens with one attached hydrogen (secondary N) is 1. The van der Waals surface area contributed by atoms with E-state index in [-0.39, 0.29) is 5.91 Å². The summed E-state index contributed by atoms with van der Waals surface area (Å²) in [7, 11) is 0. The van der Waals surface area contributed by atoms with Crippen LogP contribution in [0.25, 0.3) is 0 Å². The van der Waals surface area contributed by atoms with Crippen molar-refractivity contribution in [3.63, 3.8) is 0 Å². The van der Waals surface area contributed by atoms with Gasteiger partial charge in [0.25, 0.3) is 5.91 Å². The number of rotatable bonds is 4. The number of aromatic nitrogens is 1. The Balaban J connectivity index is 1.93. The van der Waals surface area contributed by atoms with Gasteiger partial charge in [-0.1, -0.05) is 5.16 Å². The molecule has 1 aromatic heterocycles. The average Bonchev–Trinajstić information content (AvgIpc) is 2.90. The highest BCUT2D eigenvalue weighted by Gasteiger charge is 2.21. The molecule has 1 fully saturated rings. The first-order valence-electron chi connectivity index (χ1n) is 6.21. The van der Waals surface area contributed by atoms with Gasteiger partial charge in [0.2, 0.25) is 0 Å². The van der Waals surface area contributed by atoms with Gasteiger partial charge in [0.15, 0.2) is 5.69 Å². The summed E-state index contributed by atoms with van der Waals surface area (Å²) in [5.74, 6) is 0.576. The van der Waals surface area contributed by atoms with Crippen molar-refractivity contribution in [2.75, 3.05) is 26.2 Å². The number of nitrogens with zero attached hydrogens (tertiary/aromatic N) is 2. The molecule has 5 heteroatoms. The number of hydrogen-bond donors (Lipinski definition) is 1. The lowest BCUT2D eigenvalue weighted by Crippen LogP contribution is -2.39. The zero-order valence-corrected chi connectivity index (χ0v) is 10.2. The molecule has 1 N–H and O–H groups in total. The normalized spacial score (nSPS) is 17.0. The highest BCUT2D eigenvalue weighted by Crippen LogP contribution is 2.14. The maximum Gasteiger partial charge on any atom is 0.276 e. The minimum atomic E-state index is -0.0280. The van der Waals surface area contributed by atoms with E-state index in [2.05, 4.69) is 10.5 Å². The van der Waals surface area contributed by atoms with Gasteiger partial charge < -0.3 is 14.7 Å². The summed E-state index contributed by atoms with van der Waals surface area (Å²) in [6.45, 7) is 5.65. The summed E-state index contributed by atoms with van der Waals surface area (Å²) in [5.41, 5.74) is 0.404. The second kappa shape index (κ2) is 5.82. The zero-order chi connectivity index (χ0) is 12.1. The summed E-state index contributed by atoms with van der Waals surface area (Å²) in [4.78, 5) is 14.0. The predicted molar refractivity (Wildman–Crippen MR) is 63.7 cm³/mol. The largest absolute Gasteiger partial charge is 0.364 e.